The Bertz CT molecular complexity index is 966. The third-order valence-electron chi connectivity index (χ3n) is 4.66. The number of hydrogen-bond donors (Lipinski definition) is 0. The van der Waals surface area contributed by atoms with Crippen LogP contribution in [0.5, 0.6) is 0 Å². The summed E-state index contributed by atoms with van der Waals surface area (Å²) >= 11 is 6.03. The van der Waals surface area contributed by atoms with Gasteiger partial charge in [-0.05, 0) is 25.0 Å². The Morgan fingerprint density at radius 2 is 2.12 bits per heavy atom. The molecule has 0 N–H and O–H groups in total. The summed E-state index contributed by atoms with van der Waals surface area (Å²) in [5.74, 6) is -0.193. The van der Waals surface area contributed by atoms with Gasteiger partial charge in [0, 0.05) is 36.6 Å². The zero-order chi connectivity index (χ0) is 19.1. The molecular weight excluding hydrogens is 383 g/mol. The number of sulfonamides is 1. The Labute approximate surface area is 156 Å². The van der Waals surface area contributed by atoms with Gasteiger partial charge >= 0.3 is 5.69 Å². The van der Waals surface area contributed by atoms with Crippen molar-refractivity contribution in [2.75, 3.05) is 19.3 Å². The zero-order valence-electron chi connectivity index (χ0n) is 14.5. The Morgan fingerprint density at radius 1 is 1.38 bits per heavy atom. The molecule has 0 saturated carbocycles. The van der Waals surface area contributed by atoms with Crippen LogP contribution in [0.25, 0.3) is 0 Å². The lowest BCUT2D eigenvalue weighted by molar-refractivity contribution is 0.307. The minimum absolute atomic E-state index is 0.0826. The van der Waals surface area contributed by atoms with Gasteiger partial charge in [-0.2, -0.15) is 5.10 Å². The van der Waals surface area contributed by atoms with Crippen LogP contribution in [0.3, 0.4) is 0 Å². The third-order valence-corrected chi connectivity index (χ3v) is 6.29. The fourth-order valence-electron chi connectivity index (χ4n) is 3.25. The molecule has 1 saturated heterocycles. The van der Waals surface area contributed by atoms with Crippen molar-refractivity contribution < 1.29 is 12.8 Å². The summed E-state index contributed by atoms with van der Waals surface area (Å²) in [6.07, 6.45) is 2.60. The molecule has 1 aliphatic rings. The number of piperidine rings is 1. The first-order chi connectivity index (χ1) is 12.2. The summed E-state index contributed by atoms with van der Waals surface area (Å²) in [6, 6.07) is 4.33. The summed E-state index contributed by atoms with van der Waals surface area (Å²) in [6.45, 7) is 0.666. The van der Waals surface area contributed by atoms with Crippen molar-refractivity contribution in [3.63, 3.8) is 0 Å². The number of benzene rings is 1. The van der Waals surface area contributed by atoms with E-state index in [0.29, 0.717) is 18.8 Å². The highest BCUT2D eigenvalue weighted by atomic mass is 35.5. The quantitative estimate of drug-likeness (QED) is 0.777. The molecule has 0 radical (unpaired) electrons. The molecule has 0 spiro atoms. The average Bonchev–Trinajstić information content (AvgIpc) is 2.86. The van der Waals surface area contributed by atoms with Crippen molar-refractivity contribution in [2.45, 2.75) is 25.3 Å². The van der Waals surface area contributed by atoms with Crippen LogP contribution in [-0.4, -0.2) is 46.4 Å². The molecular formula is C16H20ClFN4O3S. The van der Waals surface area contributed by atoms with E-state index in [1.165, 1.54) is 31.9 Å². The van der Waals surface area contributed by atoms with Gasteiger partial charge in [0.2, 0.25) is 10.0 Å². The van der Waals surface area contributed by atoms with Crippen molar-refractivity contribution in [3.8, 4) is 0 Å². The number of nitrogens with zero attached hydrogens (tertiary/aromatic N) is 4. The van der Waals surface area contributed by atoms with E-state index in [-0.39, 0.29) is 29.6 Å². The molecule has 0 amide bonds. The standard InChI is InChI=1S/C16H20ClFN4O3S/c1-20-15(11-5-4-8-21(9-11)26(2,24)25)19-22(16(20)23)10-12-13(17)6-3-7-14(12)18/h3,6-7,11H,4-5,8-10H2,1-2H3. The van der Waals surface area contributed by atoms with Gasteiger partial charge in [-0.25, -0.2) is 26.6 Å². The van der Waals surface area contributed by atoms with Gasteiger partial charge in [0.1, 0.15) is 11.6 Å². The van der Waals surface area contributed by atoms with Crippen LogP contribution in [0, 0.1) is 5.82 Å². The van der Waals surface area contributed by atoms with Crippen molar-refractivity contribution >= 4 is 21.6 Å². The van der Waals surface area contributed by atoms with Gasteiger partial charge < -0.3 is 0 Å². The largest absolute Gasteiger partial charge is 0.345 e. The molecule has 1 unspecified atom stereocenters. The molecule has 1 fully saturated rings. The van der Waals surface area contributed by atoms with Crippen LogP contribution >= 0.6 is 11.6 Å². The second kappa shape index (κ2) is 7.13. The van der Waals surface area contributed by atoms with Gasteiger partial charge in [-0.1, -0.05) is 17.7 Å². The average molecular weight is 403 g/mol. The fraction of sp³-hybridized carbons (Fsp3) is 0.500. The van der Waals surface area contributed by atoms with Gasteiger partial charge in [0.25, 0.3) is 0 Å². The van der Waals surface area contributed by atoms with Crippen molar-refractivity contribution in [2.24, 2.45) is 7.05 Å². The maximum Gasteiger partial charge on any atom is 0.345 e. The highest BCUT2D eigenvalue weighted by Gasteiger charge is 2.30. The molecule has 0 bridgehead atoms. The monoisotopic (exact) mass is 402 g/mol. The number of hydrogen-bond acceptors (Lipinski definition) is 4. The first kappa shape index (κ1) is 19.1. The predicted octanol–water partition coefficient (Wildman–Crippen LogP) is 1.56. The summed E-state index contributed by atoms with van der Waals surface area (Å²) in [7, 11) is -1.71. The van der Waals surface area contributed by atoms with Crippen LogP contribution in [0.1, 0.15) is 30.1 Å². The minimum atomic E-state index is -3.30. The lowest BCUT2D eigenvalue weighted by Crippen LogP contribution is -2.39. The highest BCUT2D eigenvalue weighted by molar-refractivity contribution is 7.88. The topological polar surface area (TPSA) is 77.2 Å². The molecule has 2 heterocycles. The van der Waals surface area contributed by atoms with Gasteiger partial charge in [-0.15, -0.1) is 0 Å². The van der Waals surface area contributed by atoms with E-state index >= 15 is 0 Å². The first-order valence-corrected chi connectivity index (χ1v) is 10.4. The molecule has 7 nitrogen and oxygen atoms in total. The lowest BCUT2D eigenvalue weighted by Gasteiger charge is -2.30. The number of halogens is 2. The fourth-order valence-corrected chi connectivity index (χ4v) is 4.38. The van der Waals surface area contributed by atoms with Crippen LogP contribution in [0.15, 0.2) is 23.0 Å². The van der Waals surface area contributed by atoms with E-state index < -0.39 is 21.5 Å². The molecule has 10 heteroatoms. The van der Waals surface area contributed by atoms with Crippen molar-refractivity contribution in [3.05, 3.63) is 50.9 Å². The van der Waals surface area contributed by atoms with Gasteiger partial charge in [0.05, 0.1) is 12.8 Å². The Kier molecular flexibility index (Phi) is 5.23. The molecule has 2 aromatic rings. The summed E-state index contributed by atoms with van der Waals surface area (Å²) < 4.78 is 41.6. The van der Waals surface area contributed by atoms with E-state index in [1.54, 1.807) is 13.1 Å². The maximum absolute atomic E-state index is 14.0. The van der Waals surface area contributed by atoms with E-state index in [0.717, 1.165) is 6.42 Å². The van der Waals surface area contributed by atoms with Crippen LogP contribution < -0.4 is 5.69 Å². The molecule has 3 rings (SSSR count). The molecule has 26 heavy (non-hydrogen) atoms. The van der Waals surface area contributed by atoms with Gasteiger partial charge in [0.15, 0.2) is 0 Å². The maximum atomic E-state index is 14.0. The third kappa shape index (κ3) is 3.70. The summed E-state index contributed by atoms with van der Waals surface area (Å²) in [5.41, 5.74) is -0.196. The normalized spacial score (nSPS) is 19.0. The lowest BCUT2D eigenvalue weighted by atomic mass is 9.99. The van der Waals surface area contributed by atoms with Gasteiger partial charge in [-0.3, -0.25) is 4.57 Å². The number of aromatic nitrogens is 3. The first-order valence-electron chi connectivity index (χ1n) is 8.20. The Balaban J connectivity index is 1.92. The minimum Gasteiger partial charge on any atom is -0.282 e. The highest BCUT2D eigenvalue weighted by Crippen LogP contribution is 2.26. The van der Waals surface area contributed by atoms with E-state index in [2.05, 4.69) is 5.10 Å². The smallest absolute Gasteiger partial charge is 0.282 e. The summed E-state index contributed by atoms with van der Waals surface area (Å²) in [4.78, 5) is 12.5. The summed E-state index contributed by atoms with van der Waals surface area (Å²) in [5, 5.41) is 4.57. The Morgan fingerprint density at radius 3 is 2.77 bits per heavy atom. The van der Waals surface area contributed by atoms with Crippen LogP contribution in [-0.2, 0) is 23.6 Å². The molecule has 1 atom stereocenters. The Hall–Kier alpha value is -1.71. The molecule has 0 aliphatic carbocycles. The molecule has 1 aromatic heterocycles. The predicted molar refractivity (Wildman–Crippen MR) is 96.4 cm³/mol. The molecule has 1 aromatic carbocycles. The number of rotatable bonds is 4. The second-order valence-corrected chi connectivity index (χ2v) is 8.91. The van der Waals surface area contributed by atoms with Crippen molar-refractivity contribution in [1.29, 1.82) is 0 Å². The molecule has 1 aliphatic heterocycles. The van der Waals surface area contributed by atoms with Crippen LogP contribution in [0.4, 0.5) is 4.39 Å². The SMILES string of the molecule is Cn1c(C2CCCN(S(C)(=O)=O)C2)nn(Cc2c(F)cccc2Cl)c1=O. The van der Waals surface area contributed by atoms with Crippen LogP contribution in [0.2, 0.25) is 5.02 Å². The van der Waals surface area contributed by atoms with E-state index in [4.69, 9.17) is 11.6 Å². The molecule has 142 valence electrons. The second-order valence-electron chi connectivity index (χ2n) is 6.52. The zero-order valence-corrected chi connectivity index (χ0v) is 16.1. The van der Waals surface area contributed by atoms with Crippen molar-refractivity contribution in [1.82, 2.24) is 18.7 Å². The van der Waals surface area contributed by atoms with E-state index in [9.17, 15) is 17.6 Å². The van der Waals surface area contributed by atoms with E-state index in [1.807, 2.05) is 0 Å².